The SMILES string of the molecule is Cc1ccc(N(C(=O)C(F)(F)F)c2oc(-c3ccccc3)nc2C(=O)C(F)(F)F)cc1. The van der Waals surface area contributed by atoms with Gasteiger partial charge in [0, 0.05) is 5.56 Å². The summed E-state index contributed by atoms with van der Waals surface area (Å²) in [5.74, 6) is -6.95. The molecule has 0 radical (unpaired) electrons. The number of aromatic nitrogens is 1. The summed E-state index contributed by atoms with van der Waals surface area (Å²) in [7, 11) is 0. The van der Waals surface area contributed by atoms with Crippen molar-refractivity contribution in [2.45, 2.75) is 19.3 Å². The lowest BCUT2D eigenvalue weighted by Crippen LogP contribution is -2.39. The van der Waals surface area contributed by atoms with Gasteiger partial charge in [-0.3, -0.25) is 9.59 Å². The fourth-order valence-electron chi connectivity index (χ4n) is 2.60. The highest BCUT2D eigenvalue weighted by Crippen LogP contribution is 2.38. The van der Waals surface area contributed by atoms with E-state index in [1.165, 1.54) is 36.4 Å². The maximum absolute atomic E-state index is 13.3. The lowest BCUT2D eigenvalue weighted by molar-refractivity contribution is -0.169. The largest absolute Gasteiger partial charge is 0.472 e. The van der Waals surface area contributed by atoms with Gasteiger partial charge in [0.15, 0.2) is 5.69 Å². The molecule has 0 atom stereocenters. The smallest absolute Gasteiger partial charge is 0.419 e. The average molecular weight is 442 g/mol. The molecule has 31 heavy (non-hydrogen) atoms. The van der Waals surface area contributed by atoms with E-state index in [0.717, 1.165) is 12.1 Å². The minimum absolute atomic E-state index is 0.0910. The molecule has 3 rings (SSSR count). The number of carbonyl (C=O) groups excluding carboxylic acids is 2. The number of carbonyl (C=O) groups is 2. The van der Waals surface area contributed by atoms with E-state index in [1.807, 2.05) is 0 Å². The Bertz CT molecular complexity index is 1100. The number of benzene rings is 2. The molecule has 0 aliphatic heterocycles. The quantitative estimate of drug-likeness (QED) is 0.389. The summed E-state index contributed by atoms with van der Waals surface area (Å²) in [5.41, 5.74) is -1.23. The minimum atomic E-state index is -5.48. The van der Waals surface area contributed by atoms with Crippen LogP contribution in [0.25, 0.3) is 11.5 Å². The third-order valence-electron chi connectivity index (χ3n) is 4.04. The Morgan fingerprint density at radius 1 is 0.871 bits per heavy atom. The summed E-state index contributed by atoms with van der Waals surface area (Å²) in [5, 5.41) is 0. The van der Waals surface area contributed by atoms with Crippen LogP contribution in [-0.4, -0.2) is 29.0 Å². The number of nitrogens with zero attached hydrogens (tertiary/aromatic N) is 2. The second kappa shape index (κ2) is 7.89. The number of rotatable bonds is 4. The van der Waals surface area contributed by atoms with E-state index in [0.29, 0.717) is 5.56 Å². The summed E-state index contributed by atoms with van der Waals surface area (Å²) >= 11 is 0. The van der Waals surface area contributed by atoms with Crippen LogP contribution in [0.15, 0.2) is 59.0 Å². The first kappa shape index (κ1) is 22.1. The lowest BCUT2D eigenvalue weighted by atomic mass is 10.2. The van der Waals surface area contributed by atoms with Crippen molar-refractivity contribution in [1.29, 1.82) is 0 Å². The number of Topliss-reactive ketones (excluding diaryl/α,β-unsaturated/α-hetero) is 1. The van der Waals surface area contributed by atoms with Gasteiger partial charge in [0.05, 0.1) is 5.69 Å². The highest BCUT2D eigenvalue weighted by molar-refractivity contribution is 6.09. The molecule has 2 aromatic carbocycles. The first-order valence-electron chi connectivity index (χ1n) is 8.55. The Kier molecular flexibility index (Phi) is 5.62. The summed E-state index contributed by atoms with van der Waals surface area (Å²) in [6, 6.07) is 12.1. The number of oxazole rings is 1. The van der Waals surface area contributed by atoms with Gasteiger partial charge in [0.2, 0.25) is 11.8 Å². The molecule has 0 spiro atoms. The van der Waals surface area contributed by atoms with Crippen molar-refractivity contribution in [1.82, 2.24) is 4.98 Å². The van der Waals surface area contributed by atoms with E-state index in [2.05, 4.69) is 4.98 Å². The van der Waals surface area contributed by atoms with E-state index >= 15 is 0 Å². The zero-order valence-electron chi connectivity index (χ0n) is 15.6. The number of amides is 1. The number of halogens is 6. The Labute approximate surface area is 170 Å². The van der Waals surface area contributed by atoms with E-state index in [-0.39, 0.29) is 10.5 Å². The van der Waals surface area contributed by atoms with Gasteiger partial charge in [0.1, 0.15) is 0 Å². The number of alkyl halides is 6. The zero-order chi connectivity index (χ0) is 23.0. The number of hydrogen-bond donors (Lipinski definition) is 0. The van der Waals surface area contributed by atoms with Crippen LogP contribution in [0.3, 0.4) is 0 Å². The molecule has 0 aliphatic rings. The van der Waals surface area contributed by atoms with Crippen LogP contribution in [0.1, 0.15) is 16.1 Å². The van der Waals surface area contributed by atoms with Crippen molar-refractivity contribution in [3.63, 3.8) is 0 Å². The topological polar surface area (TPSA) is 63.4 Å². The summed E-state index contributed by atoms with van der Waals surface area (Å²) < 4.78 is 84.4. The Hall–Kier alpha value is -3.63. The predicted octanol–water partition coefficient (Wildman–Crippen LogP) is 5.62. The fourth-order valence-corrected chi connectivity index (χ4v) is 2.60. The molecule has 1 aromatic heterocycles. The van der Waals surface area contributed by atoms with Gasteiger partial charge >= 0.3 is 18.3 Å². The first-order chi connectivity index (χ1) is 14.4. The Morgan fingerprint density at radius 2 is 1.45 bits per heavy atom. The first-order valence-corrected chi connectivity index (χ1v) is 8.55. The van der Waals surface area contributed by atoms with Crippen LogP contribution in [0.5, 0.6) is 0 Å². The third-order valence-corrected chi connectivity index (χ3v) is 4.04. The van der Waals surface area contributed by atoms with E-state index in [9.17, 15) is 35.9 Å². The molecule has 3 aromatic rings. The number of aryl methyl sites for hydroxylation is 1. The van der Waals surface area contributed by atoms with Crippen LogP contribution in [-0.2, 0) is 4.79 Å². The van der Waals surface area contributed by atoms with Crippen molar-refractivity contribution in [2.75, 3.05) is 4.90 Å². The maximum atomic E-state index is 13.3. The van der Waals surface area contributed by atoms with Crippen molar-refractivity contribution in [3.05, 3.63) is 65.9 Å². The van der Waals surface area contributed by atoms with E-state index < -0.39 is 47.2 Å². The van der Waals surface area contributed by atoms with Crippen LogP contribution >= 0.6 is 0 Å². The minimum Gasteiger partial charge on any atom is -0.419 e. The van der Waals surface area contributed by atoms with Crippen LogP contribution < -0.4 is 4.90 Å². The standard InChI is InChI=1S/C20H12F6N2O3/c1-11-7-9-13(10-8-11)28(18(30)20(24,25)26)17-14(15(29)19(21,22)23)27-16(31-17)12-5-3-2-4-6-12/h2-10H,1H3. The molecule has 0 saturated carbocycles. The van der Waals surface area contributed by atoms with Crippen molar-refractivity contribution in [3.8, 4) is 11.5 Å². The van der Waals surface area contributed by atoms with Crippen molar-refractivity contribution in [2.24, 2.45) is 0 Å². The number of ketones is 1. The molecular formula is C20H12F6N2O3. The van der Waals surface area contributed by atoms with Gasteiger partial charge < -0.3 is 4.42 Å². The van der Waals surface area contributed by atoms with Crippen LogP contribution in [0.2, 0.25) is 0 Å². The number of anilines is 2. The average Bonchev–Trinajstić information content (AvgIpc) is 3.13. The summed E-state index contributed by atoms with van der Waals surface area (Å²) in [6.45, 7) is 1.61. The molecule has 0 fully saturated rings. The van der Waals surface area contributed by atoms with Crippen LogP contribution in [0.4, 0.5) is 37.9 Å². The van der Waals surface area contributed by atoms with Crippen LogP contribution in [0, 0.1) is 6.92 Å². The molecule has 162 valence electrons. The van der Waals surface area contributed by atoms with Crippen molar-refractivity contribution >= 4 is 23.3 Å². The third kappa shape index (κ3) is 4.60. The van der Waals surface area contributed by atoms with Gasteiger partial charge in [-0.05, 0) is 31.2 Å². The lowest BCUT2D eigenvalue weighted by Gasteiger charge is -2.22. The molecule has 1 amide bonds. The zero-order valence-corrected chi connectivity index (χ0v) is 15.6. The predicted molar refractivity (Wildman–Crippen MR) is 96.7 cm³/mol. The van der Waals surface area contributed by atoms with Gasteiger partial charge in [0.25, 0.3) is 5.78 Å². The molecule has 0 bridgehead atoms. The van der Waals surface area contributed by atoms with E-state index in [1.54, 1.807) is 13.0 Å². The molecule has 1 heterocycles. The Balaban J connectivity index is 2.28. The second-order valence-corrected chi connectivity index (χ2v) is 6.34. The summed E-state index contributed by atoms with van der Waals surface area (Å²) in [4.78, 5) is 27.4. The Morgan fingerprint density at radius 3 is 1.97 bits per heavy atom. The number of hydrogen-bond acceptors (Lipinski definition) is 4. The van der Waals surface area contributed by atoms with Gasteiger partial charge in [-0.1, -0.05) is 35.9 Å². The molecular weight excluding hydrogens is 430 g/mol. The molecule has 0 aliphatic carbocycles. The summed E-state index contributed by atoms with van der Waals surface area (Å²) in [6.07, 6.45) is -11.0. The fraction of sp³-hybridized carbons (Fsp3) is 0.150. The highest BCUT2D eigenvalue weighted by atomic mass is 19.4. The van der Waals surface area contributed by atoms with Gasteiger partial charge in [-0.2, -0.15) is 26.3 Å². The molecule has 5 nitrogen and oxygen atoms in total. The second-order valence-electron chi connectivity index (χ2n) is 6.34. The molecule has 0 saturated heterocycles. The van der Waals surface area contributed by atoms with E-state index in [4.69, 9.17) is 4.42 Å². The van der Waals surface area contributed by atoms with Crippen molar-refractivity contribution < 1.29 is 40.3 Å². The highest BCUT2D eigenvalue weighted by Gasteiger charge is 2.49. The van der Waals surface area contributed by atoms with Gasteiger partial charge in [-0.25, -0.2) is 9.88 Å². The molecule has 0 N–H and O–H groups in total. The van der Waals surface area contributed by atoms with Gasteiger partial charge in [-0.15, -0.1) is 0 Å². The molecule has 0 unspecified atom stereocenters. The molecule has 11 heteroatoms. The monoisotopic (exact) mass is 442 g/mol. The maximum Gasteiger partial charge on any atom is 0.472 e. The normalized spacial score (nSPS) is 12.0.